The van der Waals surface area contributed by atoms with E-state index in [0.717, 1.165) is 0 Å². The Labute approximate surface area is 127 Å². The molecule has 0 spiro atoms. The molecule has 16 heavy (non-hydrogen) atoms. The van der Waals surface area contributed by atoms with Crippen LogP contribution in [0.1, 0.15) is 11.0 Å². The maximum Gasteiger partial charge on any atom is 0.277 e. The minimum atomic E-state index is -0.419. The van der Waals surface area contributed by atoms with Crippen LogP contribution in [-0.4, -0.2) is 0 Å². The van der Waals surface area contributed by atoms with E-state index in [-0.39, 0.29) is 95.0 Å². The van der Waals surface area contributed by atoms with Gasteiger partial charge in [0.15, 0.2) is 12.3 Å². The Morgan fingerprint density at radius 1 is 0.812 bits per heavy atom. The first-order valence-electron chi connectivity index (χ1n) is 8.28. The summed E-state index contributed by atoms with van der Waals surface area (Å²) in [5.74, 6) is 0. The van der Waals surface area contributed by atoms with Crippen molar-refractivity contribution in [3.63, 3.8) is 0 Å². The second-order valence-electron chi connectivity index (χ2n) is 2.97. The fourth-order valence-corrected chi connectivity index (χ4v) is 1.53. The molecule has 3 heterocycles. The maximum absolute atomic E-state index is 8.06. The van der Waals surface area contributed by atoms with Crippen LogP contribution in [0.4, 0.5) is 0 Å². The van der Waals surface area contributed by atoms with Gasteiger partial charge in [0.25, 0.3) is 11.4 Å². The van der Waals surface area contributed by atoms with Crippen LogP contribution in [0, 0.1) is 0 Å². The second kappa shape index (κ2) is 5.55. The third-order valence-electron chi connectivity index (χ3n) is 2.18. The third-order valence-corrected chi connectivity index (χ3v) is 2.18. The number of hydrogen-bond donors (Lipinski definition) is 0. The Morgan fingerprint density at radius 3 is 1.69 bits per heavy atom. The summed E-state index contributed by atoms with van der Waals surface area (Å²) in [5, 5.41) is 0. The zero-order chi connectivity index (χ0) is 16.3. The van der Waals surface area contributed by atoms with Crippen molar-refractivity contribution >= 4 is 0 Å². The Balaban J connectivity index is 0.00000144. The predicted molar refractivity (Wildman–Crippen MR) is 52.3 cm³/mol. The second-order valence-corrected chi connectivity index (χ2v) is 2.97. The molecule has 2 aromatic heterocycles. The maximum atomic E-state index is 8.06. The summed E-state index contributed by atoms with van der Waals surface area (Å²) >= 11 is 0. The van der Waals surface area contributed by atoms with Gasteiger partial charge in [0.1, 0.15) is 2.74 Å². The number of pyridine rings is 2. The van der Waals surface area contributed by atoms with Gasteiger partial charge in [-0.2, -0.15) is 9.13 Å². The van der Waals surface area contributed by atoms with Crippen molar-refractivity contribution in [1.82, 2.24) is 0 Å². The lowest BCUT2D eigenvalue weighted by atomic mass is 10.2. The van der Waals surface area contributed by atoms with Gasteiger partial charge in [-0.3, -0.25) is 0 Å². The molecule has 0 bridgehead atoms. The molecule has 0 saturated carbocycles. The Bertz CT molecular complexity index is 774. The molecule has 0 N–H and O–H groups in total. The highest BCUT2D eigenvalue weighted by molar-refractivity contribution is 5.46. The van der Waals surface area contributed by atoms with Crippen LogP contribution in [0.15, 0.2) is 48.6 Å². The summed E-state index contributed by atoms with van der Waals surface area (Å²) < 4.78 is 65.7. The van der Waals surface area contributed by atoms with Crippen molar-refractivity contribution in [2.75, 3.05) is 0 Å². The van der Waals surface area contributed by atoms with Gasteiger partial charge in [-0.05, 0) is 12.1 Å². The molecule has 4 heteroatoms. The van der Waals surface area contributed by atoms with E-state index in [9.17, 15) is 0 Å². The Hall–Kier alpha value is -0.740. The summed E-state index contributed by atoms with van der Waals surface area (Å²) in [5.41, 5.74) is 0.175. The van der Waals surface area contributed by atoms with Crippen LogP contribution in [0.5, 0.6) is 0 Å². The SMILES string of the molecule is [2H]c1c([2H])c([2H])[n+]2c(c1[2H])-c1c([2H])c([2H])c([2H])c([2H])[n+]1CC2.[Br-].[Br-]. The molecule has 0 radical (unpaired) electrons. The predicted octanol–water partition coefficient (Wildman–Crippen LogP) is -5.05. The first kappa shape index (κ1) is 5.74. The number of nitrogens with zero attached hydrogens (tertiary/aromatic N) is 2. The van der Waals surface area contributed by atoms with Gasteiger partial charge >= 0.3 is 0 Å². The molecule has 2 nitrogen and oxygen atoms in total. The van der Waals surface area contributed by atoms with Crippen molar-refractivity contribution in [1.29, 1.82) is 0 Å². The molecule has 3 rings (SSSR count). The fourth-order valence-electron chi connectivity index (χ4n) is 1.53. The number of hydrogen-bond acceptors (Lipinski definition) is 0. The van der Waals surface area contributed by atoms with Gasteiger partial charge in [-0.25, -0.2) is 0 Å². The first-order chi connectivity index (χ1) is 10.3. The van der Waals surface area contributed by atoms with E-state index in [4.69, 9.17) is 11.0 Å². The highest BCUT2D eigenvalue weighted by Gasteiger charge is 2.27. The van der Waals surface area contributed by atoms with Crippen molar-refractivity contribution < 1.29 is 54.1 Å². The van der Waals surface area contributed by atoms with E-state index in [2.05, 4.69) is 0 Å². The molecule has 0 unspecified atom stereocenters. The van der Waals surface area contributed by atoms with Crippen LogP contribution < -0.4 is 43.1 Å². The molecule has 0 fully saturated rings. The molecule has 2 aromatic rings. The molecular weight excluding hydrogens is 332 g/mol. The molecule has 0 aliphatic carbocycles. The summed E-state index contributed by atoms with van der Waals surface area (Å²) in [4.78, 5) is 0. The van der Waals surface area contributed by atoms with E-state index >= 15 is 0 Å². The van der Waals surface area contributed by atoms with Crippen LogP contribution >= 0.6 is 0 Å². The lowest BCUT2D eigenvalue weighted by Gasteiger charge is -2.08. The average Bonchev–Trinajstić information content (AvgIpc) is 2.52. The molecule has 0 aromatic carbocycles. The summed E-state index contributed by atoms with van der Waals surface area (Å²) in [6, 6.07) is -2.17. The van der Waals surface area contributed by atoms with Gasteiger partial charge in [0.05, 0.1) is 8.22 Å². The van der Waals surface area contributed by atoms with Crippen molar-refractivity contribution in [3.8, 4) is 11.4 Å². The first-order valence-corrected chi connectivity index (χ1v) is 4.28. The molecule has 84 valence electrons. The van der Waals surface area contributed by atoms with Gasteiger partial charge in [-0.15, -0.1) is 0 Å². The van der Waals surface area contributed by atoms with Crippen LogP contribution in [0.25, 0.3) is 11.4 Å². The normalized spacial score (nSPS) is 18.5. The summed E-state index contributed by atoms with van der Waals surface area (Å²) in [6.45, 7) is 0.429. The molecule has 1 aliphatic heterocycles. The van der Waals surface area contributed by atoms with E-state index in [1.54, 1.807) is 0 Å². The third kappa shape index (κ3) is 2.18. The molecule has 1 aliphatic rings. The van der Waals surface area contributed by atoms with Gasteiger partial charge in [0, 0.05) is 24.2 Å². The minimum Gasteiger partial charge on any atom is -1.00 e. The fraction of sp³-hybridized carbons (Fsp3) is 0.167. The van der Waals surface area contributed by atoms with E-state index in [1.165, 1.54) is 9.13 Å². The number of aromatic nitrogens is 2. The highest BCUT2D eigenvalue weighted by atomic mass is 79.9. The lowest BCUT2D eigenvalue weighted by Crippen LogP contribution is -3.00. The van der Waals surface area contributed by atoms with Crippen molar-refractivity contribution in [2.24, 2.45) is 0 Å². The molecule has 0 saturated heterocycles. The minimum absolute atomic E-state index is 0. The van der Waals surface area contributed by atoms with Gasteiger partial charge in [-0.1, -0.05) is 0 Å². The monoisotopic (exact) mass is 350 g/mol. The molecule has 0 amide bonds. The Morgan fingerprint density at radius 2 is 1.25 bits per heavy atom. The average molecular weight is 352 g/mol. The number of rotatable bonds is 0. The summed E-state index contributed by atoms with van der Waals surface area (Å²) in [7, 11) is 0. The van der Waals surface area contributed by atoms with Crippen LogP contribution in [0.2, 0.25) is 0 Å². The van der Waals surface area contributed by atoms with Crippen LogP contribution in [-0.2, 0) is 13.1 Å². The smallest absolute Gasteiger partial charge is 0.277 e. The molecule has 0 atom stereocenters. The van der Waals surface area contributed by atoms with E-state index in [1.807, 2.05) is 0 Å². The summed E-state index contributed by atoms with van der Waals surface area (Å²) in [6.07, 6.45) is -0.454. The Kier molecular flexibility index (Phi) is 1.99. The zero-order valence-electron chi connectivity index (χ0n) is 16.1. The zero-order valence-corrected chi connectivity index (χ0v) is 11.2. The van der Waals surface area contributed by atoms with E-state index < -0.39 is 12.1 Å². The van der Waals surface area contributed by atoms with Gasteiger partial charge < -0.3 is 34.0 Å². The standard InChI is InChI=1S/C12H12N2.2BrH/c1-3-7-13-9-10-14-8-4-2-6-12(14)11(13)5-1;;/h1-8H,9-10H2;2*1H/q+2;;/p-2/i1D,2D,3D,4D,5D,6D,7D,8D;;. The van der Waals surface area contributed by atoms with Crippen molar-refractivity contribution in [3.05, 3.63) is 48.6 Å². The lowest BCUT2D eigenvalue weighted by molar-refractivity contribution is -0.794. The number of halogens is 2. The largest absolute Gasteiger partial charge is 1.00 e. The quantitative estimate of drug-likeness (QED) is 0.420. The van der Waals surface area contributed by atoms with Crippen LogP contribution in [0.3, 0.4) is 0 Å². The molecular formula is C12H12Br2N2. The van der Waals surface area contributed by atoms with Crippen molar-refractivity contribution in [2.45, 2.75) is 13.1 Å². The van der Waals surface area contributed by atoms with E-state index in [0.29, 0.717) is 0 Å². The highest BCUT2D eigenvalue weighted by Crippen LogP contribution is 2.11. The van der Waals surface area contributed by atoms with Gasteiger partial charge in [0.2, 0.25) is 13.1 Å². The topological polar surface area (TPSA) is 7.76 Å². The number of fused-ring (bicyclic) bond motifs is 3.